The van der Waals surface area contributed by atoms with Crippen molar-refractivity contribution in [2.24, 2.45) is 0 Å². The summed E-state index contributed by atoms with van der Waals surface area (Å²) in [5.41, 5.74) is 5.03. The molecule has 176 valence electrons. The number of aryl methyl sites for hydroxylation is 1. The molecule has 3 aromatic carbocycles. The van der Waals surface area contributed by atoms with Crippen LogP contribution >= 0.6 is 11.6 Å². The summed E-state index contributed by atoms with van der Waals surface area (Å²) in [6.45, 7) is 2.90. The maximum atomic E-state index is 13.1. The SMILES string of the molecule is COc1cc(OC)c(NC(=O)NCc2ccc3c(c2)N(C(=O)c2cccc(C)c2)CC3)cc1Cl. The fourth-order valence-corrected chi connectivity index (χ4v) is 4.23. The average Bonchev–Trinajstić information content (AvgIpc) is 3.25. The second kappa shape index (κ2) is 10.1. The number of amides is 3. The molecule has 1 heterocycles. The molecular formula is C26H26ClN3O4. The van der Waals surface area contributed by atoms with E-state index in [1.54, 1.807) is 17.0 Å². The summed E-state index contributed by atoms with van der Waals surface area (Å²) in [6.07, 6.45) is 0.805. The minimum absolute atomic E-state index is 0.0196. The second-order valence-electron chi connectivity index (χ2n) is 8.03. The highest BCUT2D eigenvalue weighted by atomic mass is 35.5. The van der Waals surface area contributed by atoms with E-state index in [9.17, 15) is 9.59 Å². The van der Waals surface area contributed by atoms with Gasteiger partial charge in [0.25, 0.3) is 5.91 Å². The van der Waals surface area contributed by atoms with Gasteiger partial charge >= 0.3 is 6.03 Å². The van der Waals surface area contributed by atoms with Crippen molar-refractivity contribution < 1.29 is 19.1 Å². The molecule has 0 fully saturated rings. The van der Waals surface area contributed by atoms with Gasteiger partial charge in [-0.3, -0.25) is 4.79 Å². The maximum Gasteiger partial charge on any atom is 0.319 e. The first-order valence-corrected chi connectivity index (χ1v) is 11.2. The number of benzene rings is 3. The van der Waals surface area contributed by atoms with Crippen LogP contribution in [0.4, 0.5) is 16.2 Å². The van der Waals surface area contributed by atoms with E-state index in [0.29, 0.717) is 34.3 Å². The normalized spacial score (nSPS) is 12.2. The molecular weight excluding hydrogens is 454 g/mol. The van der Waals surface area contributed by atoms with Gasteiger partial charge in [-0.05, 0) is 48.7 Å². The van der Waals surface area contributed by atoms with E-state index >= 15 is 0 Å². The van der Waals surface area contributed by atoms with Crippen molar-refractivity contribution in [2.75, 3.05) is 31.0 Å². The van der Waals surface area contributed by atoms with Crippen LogP contribution in [0.1, 0.15) is 27.0 Å². The van der Waals surface area contributed by atoms with Gasteiger partial charge in [0, 0.05) is 30.4 Å². The number of ether oxygens (including phenoxy) is 2. The van der Waals surface area contributed by atoms with E-state index in [1.807, 2.05) is 49.4 Å². The fourth-order valence-electron chi connectivity index (χ4n) is 3.99. The Morgan fingerprint density at radius 1 is 1.03 bits per heavy atom. The molecule has 0 atom stereocenters. The number of nitrogens with zero attached hydrogens (tertiary/aromatic N) is 1. The number of fused-ring (bicyclic) bond motifs is 1. The maximum absolute atomic E-state index is 13.1. The van der Waals surface area contributed by atoms with Crippen LogP contribution in [0.25, 0.3) is 0 Å². The Hall–Kier alpha value is -3.71. The summed E-state index contributed by atoms with van der Waals surface area (Å²) in [5.74, 6) is 0.861. The first kappa shape index (κ1) is 23.4. The molecule has 8 heteroatoms. The van der Waals surface area contributed by atoms with Gasteiger partial charge in [0.2, 0.25) is 0 Å². The highest BCUT2D eigenvalue weighted by Gasteiger charge is 2.26. The van der Waals surface area contributed by atoms with Crippen LogP contribution in [0, 0.1) is 6.92 Å². The molecule has 1 aliphatic rings. The van der Waals surface area contributed by atoms with Crippen molar-refractivity contribution in [3.8, 4) is 11.5 Å². The Morgan fingerprint density at radius 2 is 1.82 bits per heavy atom. The van der Waals surface area contributed by atoms with E-state index in [4.69, 9.17) is 21.1 Å². The minimum Gasteiger partial charge on any atom is -0.495 e. The zero-order valence-corrected chi connectivity index (χ0v) is 20.0. The van der Waals surface area contributed by atoms with E-state index in [1.165, 1.54) is 14.2 Å². The molecule has 0 saturated carbocycles. The Kier molecular flexibility index (Phi) is 6.93. The molecule has 0 bridgehead atoms. The molecule has 2 N–H and O–H groups in total. The number of urea groups is 1. The molecule has 0 aromatic heterocycles. The molecule has 3 amide bonds. The zero-order chi connectivity index (χ0) is 24.2. The number of halogens is 1. The lowest BCUT2D eigenvalue weighted by molar-refractivity contribution is 0.0989. The molecule has 4 rings (SSSR count). The van der Waals surface area contributed by atoms with Crippen molar-refractivity contribution in [1.82, 2.24) is 5.32 Å². The standard InChI is InChI=1S/C26H26ClN3O4/c1-16-5-4-6-19(11-16)25(31)30-10-9-18-8-7-17(12-22(18)30)15-28-26(32)29-21-13-20(27)23(33-2)14-24(21)34-3/h4-8,11-14H,9-10,15H2,1-3H3,(H2,28,29,32). The molecule has 0 saturated heterocycles. The quantitative estimate of drug-likeness (QED) is 0.510. The van der Waals surface area contributed by atoms with Gasteiger partial charge in [0.1, 0.15) is 11.5 Å². The Labute approximate surface area is 203 Å². The van der Waals surface area contributed by atoms with Gasteiger partial charge in [-0.15, -0.1) is 0 Å². The van der Waals surface area contributed by atoms with E-state index in [2.05, 4.69) is 10.6 Å². The van der Waals surface area contributed by atoms with Gasteiger partial charge in [-0.25, -0.2) is 4.79 Å². The highest BCUT2D eigenvalue weighted by Crippen LogP contribution is 2.36. The van der Waals surface area contributed by atoms with Crippen LogP contribution in [0.2, 0.25) is 5.02 Å². The van der Waals surface area contributed by atoms with Gasteiger partial charge in [-0.1, -0.05) is 41.4 Å². The van der Waals surface area contributed by atoms with Crippen LogP contribution in [0.3, 0.4) is 0 Å². The number of hydrogen-bond acceptors (Lipinski definition) is 4. The summed E-state index contributed by atoms with van der Waals surface area (Å²) < 4.78 is 10.5. The van der Waals surface area contributed by atoms with Crippen LogP contribution in [-0.2, 0) is 13.0 Å². The second-order valence-corrected chi connectivity index (χ2v) is 8.44. The molecule has 1 aliphatic heterocycles. The predicted octanol–water partition coefficient (Wildman–Crippen LogP) is 5.19. The summed E-state index contributed by atoms with van der Waals surface area (Å²) >= 11 is 6.18. The first-order valence-electron chi connectivity index (χ1n) is 10.9. The van der Waals surface area contributed by atoms with Gasteiger partial charge in [0.15, 0.2) is 0 Å². The summed E-state index contributed by atoms with van der Waals surface area (Å²) in [6, 6.07) is 16.3. The lowest BCUT2D eigenvalue weighted by Crippen LogP contribution is -2.30. The molecule has 3 aromatic rings. The van der Waals surface area contributed by atoms with Crippen LogP contribution in [-0.4, -0.2) is 32.7 Å². The summed E-state index contributed by atoms with van der Waals surface area (Å²) in [4.78, 5) is 27.4. The zero-order valence-electron chi connectivity index (χ0n) is 19.3. The number of rotatable bonds is 6. The van der Waals surface area contributed by atoms with Gasteiger partial charge < -0.3 is 25.0 Å². The Bertz CT molecular complexity index is 1240. The van der Waals surface area contributed by atoms with Crippen LogP contribution in [0.15, 0.2) is 54.6 Å². The van der Waals surface area contributed by atoms with Crippen LogP contribution < -0.4 is 25.0 Å². The smallest absolute Gasteiger partial charge is 0.319 e. The third kappa shape index (κ3) is 4.94. The van der Waals surface area contributed by atoms with Gasteiger partial charge in [0.05, 0.1) is 24.9 Å². The number of hydrogen-bond donors (Lipinski definition) is 2. The Morgan fingerprint density at radius 3 is 2.56 bits per heavy atom. The Balaban J connectivity index is 1.44. The van der Waals surface area contributed by atoms with Crippen molar-refractivity contribution in [1.29, 1.82) is 0 Å². The summed E-state index contributed by atoms with van der Waals surface area (Å²) in [7, 11) is 3.01. The predicted molar refractivity (Wildman–Crippen MR) is 133 cm³/mol. The van der Waals surface area contributed by atoms with E-state index in [0.717, 1.165) is 28.8 Å². The number of nitrogens with one attached hydrogen (secondary N) is 2. The number of carbonyl (C=O) groups excluding carboxylic acids is 2. The average molecular weight is 480 g/mol. The molecule has 34 heavy (non-hydrogen) atoms. The monoisotopic (exact) mass is 479 g/mol. The lowest BCUT2D eigenvalue weighted by atomic mass is 10.1. The summed E-state index contributed by atoms with van der Waals surface area (Å²) in [5, 5.41) is 5.95. The van der Waals surface area contributed by atoms with Crippen molar-refractivity contribution >= 4 is 34.9 Å². The van der Waals surface area contributed by atoms with E-state index < -0.39 is 6.03 Å². The third-order valence-corrected chi connectivity index (χ3v) is 6.03. The molecule has 0 radical (unpaired) electrons. The number of anilines is 2. The minimum atomic E-state index is -0.410. The first-order chi connectivity index (χ1) is 16.4. The van der Waals surface area contributed by atoms with Crippen molar-refractivity contribution in [3.05, 3.63) is 81.9 Å². The third-order valence-electron chi connectivity index (χ3n) is 5.73. The van der Waals surface area contributed by atoms with Crippen molar-refractivity contribution in [3.63, 3.8) is 0 Å². The molecule has 0 aliphatic carbocycles. The molecule has 7 nitrogen and oxygen atoms in total. The number of methoxy groups -OCH3 is 2. The largest absolute Gasteiger partial charge is 0.495 e. The fraction of sp³-hybridized carbons (Fsp3) is 0.231. The van der Waals surface area contributed by atoms with Crippen molar-refractivity contribution in [2.45, 2.75) is 19.9 Å². The molecule has 0 spiro atoms. The molecule has 0 unspecified atom stereocenters. The number of carbonyl (C=O) groups is 2. The lowest BCUT2D eigenvalue weighted by Gasteiger charge is -2.19. The topological polar surface area (TPSA) is 79.9 Å². The van der Waals surface area contributed by atoms with E-state index in [-0.39, 0.29) is 12.5 Å². The van der Waals surface area contributed by atoms with Crippen LogP contribution in [0.5, 0.6) is 11.5 Å². The van der Waals surface area contributed by atoms with Gasteiger partial charge in [-0.2, -0.15) is 0 Å². The highest BCUT2D eigenvalue weighted by molar-refractivity contribution is 6.32.